The van der Waals surface area contributed by atoms with E-state index < -0.39 is 6.09 Å². The summed E-state index contributed by atoms with van der Waals surface area (Å²) in [5.74, 6) is 1.39. The zero-order valence-electron chi connectivity index (χ0n) is 17.3. The molecule has 0 aromatic carbocycles. The van der Waals surface area contributed by atoms with Gasteiger partial charge in [0.05, 0.1) is 10.7 Å². The second-order valence-corrected chi connectivity index (χ2v) is 9.43. The third-order valence-corrected chi connectivity index (χ3v) is 7.03. The topological polar surface area (TPSA) is 108 Å². The van der Waals surface area contributed by atoms with Gasteiger partial charge in [-0.2, -0.15) is 0 Å². The van der Waals surface area contributed by atoms with Crippen LogP contribution >= 0.6 is 22.9 Å². The molecule has 168 valence electrons. The summed E-state index contributed by atoms with van der Waals surface area (Å²) in [6, 6.07) is 2.24. The second-order valence-electron chi connectivity index (χ2n) is 8.17. The number of nitrogens with one attached hydrogen (secondary N) is 3. The zero-order valence-corrected chi connectivity index (χ0v) is 18.8. The molecule has 4 rings (SSSR count). The molecule has 2 aromatic rings. The number of nitrogens with zero attached hydrogens (tertiary/aromatic N) is 2. The van der Waals surface area contributed by atoms with Crippen LogP contribution in [0.5, 0.6) is 0 Å². The number of halogens is 1. The van der Waals surface area contributed by atoms with Crippen molar-refractivity contribution in [1.82, 2.24) is 15.3 Å². The Labute approximate surface area is 190 Å². The van der Waals surface area contributed by atoms with Crippen molar-refractivity contribution < 1.29 is 14.6 Å². The van der Waals surface area contributed by atoms with Crippen molar-refractivity contribution in [2.75, 3.05) is 30.4 Å². The fourth-order valence-electron chi connectivity index (χ4n) is 4.14. The average Bonchev–Trinajstić information content (AvgIpc) is 3.24. The van der Waals surface area contributed by atoms with E-state index in [0.29, 0.717) is 10.9 Å². The summed E-state index contributed by atoms with van der Waals surface area (Å²) in [5.41, 5.74) is 1.69. The molecule has 3 heterocycles. The van der Waals surface area contributed by atoms with E-state index in [1.165, 1.54) is 0 Å². The second kappa shape index (κ2) is 10.5. The number of aromatic nitrogens is 2. The van der Waals surface area contributed by atoms with Gasteiger partial charge in [0.25, 0.3) is 0 Å². The van der Waals surface area contributed by atoms with Crippen molar-refractivity contribution in [1.29, 1.82) is 0 Å². The van der Waals surface area contributed by atoms with Gasteiger partial charge in [0.2, 0.25) is 0 Å². The minimum atomic E-state index is -0.953. The van der Waals surface area contributed by atoms with Crippen molar-refractivity contribution >= 4 is 40.0 Å². The number of rotatable bonds is 7. The summed E-state index contributed by atoms with van der Waals surface area (Å²) in [4.78, 5) is 20.0. The number of ether oxygens (including phenoxy) is 1. The lowest BCUT2D eigenvalue weighted by atomic mass is 9.91. The first kappa shape index (κ1) is 22.1. The summed E-state index contributed by atoms with van der Waals surface area (Å²) in [6.45, 7) is 2.60. The molecule has 4 N–H and O–H groups in total. The number of pyridine rings is 1. The van der Waals surface area contributed by atoms with Crippen LogP contribution in [0, 0.1) is 5.92 Å². The molecule has 0 bridgehead atoms. The summed E-state index contributed by atoms with van der Waals surface area (Å²) >= 11 is 8.01. The number of carbonyl (C=O) groups is 1. The van der Waals surface area contributed by atoms with Crippen molar-refractivity contribution in [3.05, 3.63) is 22.7 Å². The number of thiazole rings is 1. The van der Waals surface area contributed by atoms with E-state index in [-0.39, 0.29) is 12.1 Å². The van der Waals surface area contributed by atoms with Gasteiger partial charge in [-0.05, 0) is 50.5 Å². The number of hydrogen-bond acceptors (Lipinski definition) is 7. The highest BCUT2D eigenvalue weighted by Crippen LogP contribution is 2.33. The van der Waals surface area contributed by atoms with Crippen molar-refractivity contribution in [2.24, 2.45) is 5.92 Å². The predicted molar refractivity (Wildman–Crippen MR) is 123 cm³/mol. The molecule has 2 fully saturated rings. The number of anilines is 2. The van der Waals surface area contributed by atoms with Crippen molar-refractivity contribution in [3.8, 4) is 11.3 Å². The van der Waals surface area contributed by atoms with E-state index in [1.807, 2.05) is 11.4 Å². The summed E-state index contributed by atoms with van der Waals surface area (Å²) in [5, 5.41) is 21.8. The molecule has 0 atom stereocenters. The molecule has 10 heteroatoms. The number of hydrogen-bond donors (Lipinski definition) is 4. The van der Waals surface area contributed by atoms with Crippen LogP contribution in [0.4, 0.5) is 15.7 Å². The SMILES string of the molecule is O=C(O)N[C@H]1CC[C@H](Nc2cc(-c3csc(NCC4CCOCC4)n3)c(Cl)cn2)CC1. The van der Waals surface area contributed by atoms with Crippen LogP contribution in [0.25, 0.3) is 11.3 Å². The molecular weight excluding hydrogens is 438 g/mol. The smallest absolute Gasteiger partial charge is 0.404 e. The fraction of sp³-hybridized carbons (Fsp3) is 0.571. The van der Waals surface area contributed by atoms with Crippen LogP contribution < -0.4 is 16.0 Å². The lowest BCUT2D eigenvalue weighted by Gasteiger charge is -2.29. The predicted octanol–water partition coefficient (Wildman–Crippen LogP) is 4.69. The van der Waals surface area contributed by atoms with Gasteiger partial charge in [-0.25, -0.2) is 14.8 Å². The molecule has 2 aliphatic rings. The maximum atomic E-state index is 10.8. The van der Waals surface area contributed by atoms with Gasteiger partial charge in [0, 0.05) is 49.0 Å². The van der Waals surface area contributed by atoms with E-state index in [1.54, 1.807) is 17.5 Å². The molecule has 0 radical (unpaired) electrons. The Kier molecular flexibility index (Phi) is 7.47. The maximum absolute atomic E-state index is 10.8. The minimum Gasteiger partial charge on any atom is -0.465 e. The molecule has 1 aliphatic carbocycles. The summed E-state index contributed by atoms with van der Waals surface area (Å²) in [6.07, 6.45) is 6.30. The third-order valence-electron chi connectivity index (χ3n) is 5.93. The highest BCUT2D eigenvalue weighted by atomic mass is 35.5. The van der Waals surface area contributed by atoms with Gasteiger partial charge in [-0.15, -0.1) is 11.3 Å². The van der Waals surface area contributed by atoms with Gasteiger partial charge < -0.3 is 25.8 Å². The van der Waals surface area contributed by atoms with E-state index in [4.69, 9.17) is 26.4 Å². The third kappa shape index (κ3) is 6.21. The molecule has 31 heavy (non-hydrogen) atoms. The molecule has 1 amide bonds. The average molecular weight is 466 g/mol. The van der Waals surface area contributed by atoms with E-state index in [0.717, 1.165) is 80.5 Å². The Morgan fingerprint density at radius 3 is 2.68 bits per heavy atom. The normalized spacial score (nSPS) is 22.1. The Balaban J connectivity index is 1.35. The Bertz CT molecular complexity index is 882. The summed E-state index contributed by atoms with van der Waals surface area (Å²) in [7, 11) is 0. The van der Waals surface area contributed by atoms with Gasteiger partial charge >= 0.3 is 6.09 Å². The van der Waals surface area contributed by atoms with Crippen molar-refractivity contribution in [3.63, 3.8) is 0 Å². The largest absolute Gasteiger partial charge is 0.465 e. The van der Waals surface area contributed by atoms with Crippen LogP contribution in [0.3, 0.4) is 0 Å². The molecule has 2 aromatic heterocycles. The monoisotopic (exact) mass is 465 g/mol. The van der Waals surface area contributed by atoms with E-state index in [2.05, 4.69) is 20.9 Å². The Hall–Kier alpha value is -2.10. The highest BCUT2D eigenvalue weighted by Gasteiger charge is 2.23. The first-order valence-electron chi connectivity index (χ1n) is 10.8. The molecule has 1 saturated carbocycles. The van der Waals surface area contributed by atoms with Crippen LogP contribution in [0.15, 0.2) is 17.6 Å². The first-order valence-corrected chi connectivity index (χ1v) is 12.0. The number of carboxylic acid groups (broad SMARTS) is 1. The standard InChI is InChI=1S/C21H28ClN5O3S/c22-17-11-23-19(25-14-1-3-15(4-2-14)26-21(28)29)9-16(17)18-12-31-20(27-18)24-10-13-5-7-30-8-6-13/h9,11-15,26H,1-8,10H2,(H,23,25)(H,24,27)(H,28,29)/t14-,15-. The van der Waals surface area contributed by atoms with Crippen LogP contribution in [-0.4, -0.2) is 53.0 Å². The van der Waals surface area contributed by atoms with E-state index >= 15 is 0 Å². The van der Waals surface area contributed by atoms with Gasteiger partial charge in [0.15, 0.2) is 5.13 Å². The zero-order chi connectivity index (χ0) is 21.6. The molecule has 8 nitrogen and oxygen atoms in total. The van der Waals surface area contributed by atoms with E-state index in [9.17, 15) is 4.79 Å². The number of amides is 1. The quantitative estimate of drug-likeness (QED) is 0.469. The molecule has 1 aliphatic heterocycles. The Morgan fingerprint density at radius 2 is 1.94 bits per heavy atom. The molecular formula is C21H28ClN5O3S. The van der Waals surface area contributed by atoms with Crippen LogP contribution in [0.1, 0.15) is 38.5 Å². The summed E-state index contributed by atoms with van der Waals surface area (Å²) < 4.78 is 5.42. The first-order chi connectivity index (χ1) is 15.1. The lowest BCUT2D eigenvalue weighted by Crippen LogP contribution is -2.39. The van der Waals surface area contributed by atoms with Crippen LogP contribution in [0.2, 0.25) is 5.02 Å². The maximum Gasteiger partial charge on any atom is 0.404 e. The van der Waals surface area contributed by atoms with Gasteiger partial charge in [-0.1, -0.05) is 11.6 Å². The Morgan fingerprint density at radius 1 is 1.19 bits per heavy atom. The molecule has 0 unspecified atom stereocenters. The van der Waals surface area contributed by atoms with Gasteiger partial charge in [-0.3, -0.25) is 0 Å². The van der Waals surface area contributed by atoms with Gasteiger partial charge in [0.1, 0.15) is 5.82 Å². The minimum absolute atomic E-state index is 0.0337. The molecule has 0 spiro atoms. The molecule has 1 saturated heterocycles. The lowest BCUT2D eigenvalue weighted by molar-refractivity contribution is 0.0699. The fourth-order valence-corrected chi connectivity index (χ4v) is 5.06. The van der Waals surface area contributed by atoms with Crippen LogP contribution in [-0.2, 0) is 4.74 Å². The highest BCUT2D eigenvalue weighted by molar-refractivity contribution is 7.14. The van der Waals surface area contributed by atoms with Crippen molar-refractivity contribution in [2.45, 2.75) is 50.6 Å².